The highest BCUT2D eigenvalue weighted by atomic mass is 33.1. The summed E-state index contributed by atoms with van der Waals surface area (Å²) in [6.45, 7) is 0.645. The maximum atomic E-state index is 11.2. The van der Waals surface area contributed by atoms with E-state index >= 15 is 0 Å². The Bertz CT molecular complexity index is 740. The monoisotopic (exact) mass is 414 g/mol. The quantitative estimate of drug-likeness (QED) is 0.321. The Morgan fingerprint density at radius 1 is 1.04 bits per heavy atom. The maximum absolute atomic E-state index is 11.2. The van der Waals surface area contributed by atoms with Gasteiger partial charge in [-0.2, -0.15) is 0 Å². The van der Waals surface area contributed by atoms with Crippen LogP contribution in [-0.2, 0) is 17.7 Å². The smallest absolute Gasteiger partial charge is 0.271 e. The van der Waals surface area contributed by atoms with E-state index in [-0.39, 0.29) is 17.2 Å². The van der Waals surface area contributed by atoms with E-state index in [4.69, 9.17) is 0 Å². The van der Waals surface area contributed by atoms with Crippen LogP contribution in [0, 0.1) is 10.1 Å². The fourth-order valence-corrected chi connectivity index (χ4v) is 5.23. The highest BCUT2D eigenvalue weighted by molar-refractivity contribution is 8.72. The molecule has 136 valence electrons. The lowest BCUT2D eigenvalue weighted by molar-refractivity contribution is -0.384. The van der Waals surface area contributed by atoms with Gasteiger partial charge in [-0.15, -0.1) is 0 Å². The number of nitro groups is 1. The summed E-state index contributed by atoms with van der Waals surface area (Å²) < 4.78 is 44.8. The van der Waals surface area contributed by atoms with Crippen LogP contribution in [0.1, 0.15) is 0 Å². The Balaban J connectivity index is 2.86. The van der Waals surface area contributed by atoms with E-state index in [1.165, 1.54) is 18.2 Å². The molecule has 0 bridgehead atoms. The molecule has 0 heterocycles. The third-order valence-electron chi connectivity index (χ3n) is 2.72. The zero-order valence-corrected chi connectivity index (χ0v) is 16.4. The lowest BCUT2D eigenvalue weighted by Crippen LogP contribution is -2.29. The van der Waals surface area contributed by atoms with Gasteiger partial charge >= 0.3 is 0 Å². The van der Waals surface area contributed by atoms with Crippen molar-refractivity contribution in [1.29, 1.82) is 0 Å². The van der Waals surface area contributed by atoms with Crippen LogP contribution in [0.15, 0.2) is 24.3 Å². The van der Waals surface area contributed by atoms with Crippen molar-refractivity contribution in [2.75, 3.05) is 42.0 Å². The molecule has 0 aliphatic carbocycles. The topological polar surface area (TPSA) is 115 Å². The first-order chi connectivity index (χ1) is 11.0. The molecule has 0 fully saturated rings. The van der Waals surface area contributed by atoms with Crippen LogP contribution in [0.5, 0.6) is 0 Å². The van der Waals surface area contributed by atoms with Gasteiger partial charge in [0.05, 0.1) is 4.92 Å². The summed E-state index contributed by atoms with van der Waals surface area (Å²) in [6, 6.07) is 5.95. The van der Waals surface area contributed by atoms with Crippen molar-refractivity contribution in [2.45, 2.75) is 0 Å². The molecule has 12 heteroatoms. The fourth-order valence-electron chi connectivity index (χ4n) is 1.77. The van der Waals surface area contributed by atoms with Gasteiger partial charge in [-0.3, -0.25) is 10.1 Å². The molecule has 0 radical (unpaired) electrons. The van der Waals surface area contributed by atoms with Gasteiger partial charge in [0.15, 0.2) is 17.7 Å². The number of hydrogen-bond acceptors (Lipinski definition) is 9. The summed E-state index contributed by atoms with van der Waals surface area (Å²) in [6.07, 6.45) is 2.21. The van der Waals surface area contributed by atoms with Crippen LogP contribution in [0.2, 0.25) is 0 Å². The van der Waals surface area contributed by atoms with Crippen molar-refractivity contribution in [3.05, 3.63) is 34.4 Å². The first kappa shape index (κ1) is 21.1. The largest absolute Gasteiger partial charge is 0.370 e. The van der Waals surface area contributed by atoms with Gasteiger partial charge in [0.2, 0.25) is 0 Å². The van der Waals surface area contributed by atoms with Gasteiger partial charge < -0.3 is 4.90 Å². The van der Waals surface area contributed by atoms with E-state index in [1.54, 1.807) is 11.0 Å². The summed E-state index contributed by atoms with van der Waals surface area (Å²) in [5.41, 5.74) is 0.469. The molecule has 8 nitrogen and oxygen atoms in total. The summed E-state index contributed by atoms with van der Waals surface area (Å²) in [4.78, 5) is 12.1. The zero-order valence-electron chi connectivity index (χ0n) is 13.1. The van der Waals surface area contributed by atoms with Crippen LogP contribution >= 0.6 is 21.6 Å². The van der Waals surface area contributed by atoms with Gasteiger partial charge in [-0.1, -0.05) is 6.07 Å². The molecule has 0 N–H and O–H groups in total. The molecule has 0 aromatic heterocycles. The lowest BCUT2D eigenvalue weighted by Gasteiger charge is -2.24. The number of benzene rings is 1. The SMILES string of the molecule is CS(=O)(=O)SCCN(CCSS(C)(=O)=O)c1cccc([N+](=O)[O-])c1. The van der Waals surface area contributed by atoms with E-state index in [1.807, 2.05) is 0 Å². The van der Waals surface area contributed by atoms with E-state index in [0.29, 0.717) is 18.8 Å². The van der Waals surface area contributed by atoms with E-state index in [9.17, 15) is 26.9 Å². The number of non-ortho nitro benzene ring substituents is 1. The van der Waals surface area contributed by atoms with Gasteiger partial charge in [-0.25, -0.2) is 16.8 Å². The van der Waals surface area contributed by atoms with Crippen molar-refractivity contribution in [3.63, 3.8) is 0 Å². The van der Waals surface area contributed by atoms with Crippen molar-refractivity contribution in [3.8, 4) is 0 Å². The Labute approximate surface area is 148 Å². The molecule has 24 heavy (non-hydrogen) atoms. The van der Waals surface area contributed by atoms with Crippen molar-refractivity contribution in [2.24, 2.45) is 0 Å². The lowest BCUT2D eigenvalue weighted by atomic mass is 10.2. The summed E-state index contributed by atoms with van der Waals surface area (Å²) in [5, 5.41) is 10.9. The predicted octanol–water partition coefficient (Wildman–Crippen LogP) is 1.79. The molecule has 1 aromatic rings. The molecule has 0 saturated carbocycles. The van der Waals surface area contributed by atoms with Crippen LogP contribution in [0.3, 0.4) is 0 Å². The average Bonchev–Trinajstić information content (AvgIpc) is 2.43. The van der Waals surface area contributed by atoms with Crippen molar-refractivity contribution < 1.29 is 21.8 Å². The molecule has 0 unspecified atom stereocenters. The Morgan fingerprint density at radius 3 is 1.96 bits per heavy atom. The average molecular weight is 415 g/mol. The molecular formula is C12H18N2O6S4. The minimum Gasteiger partial charge on any atom is -0.370 e. The Morgan fingerprint density at radius 2 is 1.54 bits per heavy atom. The van der Waals surface area contributed by atoms with Crippen LogP contribution in [0.4, 0.5) is 11.4 Å². The molecule has 1 aromatic carbocycles. The van der Waals surface area contributed by atoms with Crippen LogP contribution in [-0.4, -0.2) is 58.9 Å². The first-order valence-corrected chi connectivity index (χ1v) is 13.4. The molecule has 0 saturated heterocycles. The fraction of sp³-hybridized carbons (Fsp3) is 0.500. The number of hydrogen-bond donors (Lipinski definition) is 0. The summed E-state index contributed by atoms with van der Waals surface area (Å²) >= 11 is 0. The number of anilines is 1. The number of nitrogens with zero attached hydrogens (tertiary/aromatic N) is 2. The minimum atomic E-state index is -3.19. The third kappa shape index (κ3) is 8.76. The standard InChI is InChI=1S/C12H18N2O6S4/c1-23(17,18)21-8-6-13(7-9-22-24(2,19)20)11-4-3-5-12(10-11)14(15)16/h3-5,10H,6-9H2,1-2H3. The van der Waals surface area contributed by atoms with Gasteiger partial charge in [0.1, 0.15) is 0 Å². The predicted molar refractivity (Wildman–Crippen MR) is 99.9 cm³/mol. The maximum Gasteiger partial charge on any atom is 0.271 e. The van der Waals surface area contributed by atoms with Crippen molar-refractivity contribution >= 4 is 50.7 Å². The second kappa shape index (κ2) is 8.92. The molecule has 0 amide bonds. The second-order valence-electron chi connectivity index (χ2n) is 4.82. The van der Waals surface area contributed by atoms with E-state index in [0.717, 1.165) is 34.1 Å². The van der Waals surface area contributed by atoms with Crippen molar-refractivity contribution in [1.82, 2.24) is 0 Å². The number of rotatable bonds is 10. The molecule has 0 aliphatic heterocycles. The molecule has 0 aliphatic rings. The normalized spacial score (nSPS) is 12.1. The van der Waals surface area contributed by atoms with E-state index < -0.39 is 22.7 Å². The first-order valence-electron chi connectivity index (χ1n) is 6.66. The van der Waals surface area contributed by atoms with Crippen LogP contribution in [0.25, 0.3) is 0 Å². The molecule has 0 atom stereocenters. The summed E-state index contributed by atoms with van der Waals surface area (Å²) in [7, 11) is -4.82. The third-order valence-corrected chi connectivity index (χ3v) is 7.85. The Hall–Kier alpha value is -0.980. The second-order valence-corrected chi connectivity index (χ2v) is 14.0. The molecule has 0 spiro atoms. The zero-order chi connectivity index (χ0) is 18.4. The summed E-state index contributed by atoms with van der Waals surface area (Å²) in [5.74, 6) is 0.538. The van der Waals surface area contributed by atoms with Gasteiger partial charge in [0.25, 0.3) is 5.69 Å². The van der Waals surface area contributed by atoms with Gasteiger partial charge in [0, 0.05) is 54.9 Å². The highest BCUT2D eigenvalue weighted by Gasteiger charge is 2.14. The number of nitro benzene ring substituents is 1. The minimum absolute atomic E-state index is 0.0796. The van der Waals surface area contributed by atoms with Crippen LogP contribution < -0.4 is 4.90 Å². The van der Waals surface area contributed by atoms with E-state index in [2.05, 4.69) is 0 Å². The Kier molecular flexibility index (Phi) is 7.83. The molecule has 1 rings (SSSR count). The van der Waals surface area contributed by atoms with Gasteiger partial charge in [-0.05, 0) is 27.7 Å². The molecular weight excluding hydrogens is 396 g/mol. The highest BCUT2D eigenvalue weighted by Crippen LogP contribution is 2.23.